The number of nitrogens with zero attached hydrogens (tertiary/aromatic N) is 1. The third kappa shape index (κ3) is 1.63. The maximum absolute atomic E-state index is 9.55. The van der Waals surface area contributed by atoms with Crippen LogP contribution in [0, 0.1) is 28.6 Å². The third-order valence-corrected chi connectivity index (χ3v) is 5.94. The summed E-state index contributed by atoms with van der Waals surface area (Å²) in [6.45, 7) is 0. The number of rotatable bonds is 2. The first-order chi connectivity index (χ1) is 7.72. The quantitative estimate of drug-likeness (QED) is 0.794. The van der Waals surface area contributed by atoms with Gasteiger partial charge in [0.1, 0.15) is 0 Å². The molecule has 2 saturated carbocycles. The molecule has 0 aliphatic heterocycles. The van der Waals surface area contributed by atoms with E-state index < -0.39 is 0 Å². The van der Waals surface area contributed by atoms with Gasteiger partial charge in [-0.05, 0) is 59.2 Å². The Labute approximate surface area is 109 Å². The summed E-state index contributed by atoms with van der Waals surface area (Å²) >= 11 is 5.28. The summed E-state index contributed by atoms with van der Waals surface area (Å²) in [5, 5.41) is 9.55. The predicted molar refractivity (Wildman–Crippen MR) is 69.2 cm³/mol. The maximum atomic E-state index is 9.55. The monoisotopic (exact) mass is 295 g/mol. The van der Waals surface area contributed by atoms with Gasteiger partial charge < -0.3 is 0 Å². The molecular weight excluding hydrogens is 282 g/mol. The molecule has 3 unspecified atom stereocenters. The zero-order chi connectivity index (χ0) is 11.2. The van der Waals surface area contributed by atoms with Crippen molar-refractivity contribution < 1.29 is 0 Å². The summed E-state index contributed by atoms with van der Waals surface area (Å²) in [7, 11) is 0. The van der Waals surface area contributed by atoms with Gasteiger partial charge in [0.25, 0.3) is 0 Å². The Morgan fingerprint density at radius 3 is 2.88 bits per heavy atom. The lowest BCUT2D eigenvalue weighted by Crippen LogP contribution is -2.28. The van der Waals surface area contributed by atoms with Crippen LogP contribution in [0.3, 0.4) is 0 Å². The van der Waals surface area contributed by atoms with E-state index in [1.54, 1.807) is 11.3 Å². The first-order valence-electron chi connectivity index (χ1n) is 5.87. The topological polar surface area (TPSA) is 23.8 Å². The minimum atomic E-state index is -0.0345. The summed E-state index contributed by atoms with van der Waals surface area (Å²) in [5.41, 5.74) is -0.0345. The molecule has 0 aromatic carbocycles. The number of hydrogen-bond acceptors (Lipinski definition) is 2. The summed E-state index contributed by atoms with van der Waals surface area (Å²) in [5.74, 6) is 1.51. The van der Waals surface area contributed by atoms with E-state index in [1.807, 2.05) is 0 Å². The van der Waals surface area contributed by atoms with Crippen LogP contribution in [0.15, 0.2) is 15.9 Å². The van der Waals surface area contributed by atoms with Crippen molar-refractivity contribution in [3.05, 3.63) is 20.8 Å². The molecule has 3 atom stereocenters. The molecule has 0 saturated heterocycles. The van der Waals surface area contributed by atoms with Crippen molar-refractivity contribution in [3.8, 4) is 6.07 Å². The second-order valence-electron chi connectivity index (χ2n) is 5.23. The van der Waals surface area contributed by atoms with E-state index in [0.717, 1.165) is 18.8 Å². The Morgan fingerprint density at radius 2 is 2.38 bits per heavy atom. The van der Waals surface area contributed by atoms with Crippen molar-refractivity contribution in [3.63, 3.8) is 0 Å². The zero-order valence-electron chi connectivity index (χ0n) is 9.08. The van der Waals surface area contributed by atoms with Gasteiger partial charge in [-0.3, -0.25) is 0 Å². The zero-order valence-corrected chi connectivity index (χ0v) is 11.5. The molecule has 0 spiro atoms. The highest BCUT2D eigenvalue weighted by atomic mass is 79.9. The number of thiophene rings is 1. The lowest BCUT2D eigenvalue weighted by Gasteiger charge is -2.30. The van der Waals surface area contributed by atoms with Crippen LogP contribution in [-0.4, -0.2) is 0 Å². The summed E-state index contributed by atoms with van der Waals surface area (Å²) in [4.78, 5) is 1.36. The minimum Gasteiger partial charge on any atom is -0.198 e. The molecule has 3 rings (SSSR count). The number of halogens is 1. The molecule has 2 fully saturated rings. The van der Waals surface area contributed by atoms with Crippen LogP contribution in [-0.2, 0) is 6.42 Å². The molecule has 2 bridgehead atoms. The Hall–Kier alpha value is -0.330. The molecular formula is C13H14BrNS. The van der Waals surface area contributed by atoms with Gasteiger partial charge in [0.2, 0.25) is 0 Å². The van der Waals surface area contributed by atoms with E-state index in [4.69, 9.17) is 0 Å². The van der Waals surface area contributed by atoms with Crippen LogP contribution >= 0.6 is 27.3 Å². The van der Waals surface area contributed by atoms with E-state index >= 15 is 0 Å². The van der Waals surface area contributed by atoms with E-state index in [2.05, 4.69) is 34.1 Å². The second kappa shape index (κ2) is 3.85. The van der Waals surface area contributed by atoms with Crippen molar-refractivity contribution in [1.29, 1.82) is 5.26 Å². The van der Waals surface area contributed by atoms with E-state index in [0.29, 0.717) is 5.92 Å². The second-order valence-corrected chi connectivity index (χ2v) is 7.78. The van der Waals surface area contributed by atoms with E-state index in [-0.39, 0.29) is 5.41 Å². The van der Waals surface area contributed by atoms with Gasteiger partial charge in [-0.25, -0.2) is 0 Å². The van der Waals surface area contributed by atoms with Crippen LogP contribution in [0.25, 0.3) is 0 Å². The largest absolute Gasteiger partial charge is 0.198 e. The molecule has 3 heteroatoms. The standard InChI is InChI=1S/C13H14BrNS/c14-12-4-3-11(16-12)7-13(8-15)6-9-1-2-10(13)5-9/h3-4,9-10H,1-2,5-7H2. The molecule has 0 amide bonds. The van der Waals surface area contributed by atoms with Crippen molar-refractivity contribution in [2.24, 2.45) is 17.3 Å². The molecule has 84 valence electrons. The number of hydrogen-bond donors (Lipinski definition) is 0. The molecule has 0 N–H and O–H groups in total. The fourth-order valence-electron chi connectivity index (χ4n) is 3.59. The molecule has 1 aromatic rings. The van der Waals surface area contributed by atoms with Crippen molar-refractivity contribution in [2.75, 3.05) is 0 Å². The van der Waals surface area contributed by atoms with Gasteiger partial charge in [-0.2, -0.15) is 5.26 Å². The summed E-state index contributed by atoms with van der Waals surface area (Å²) in [6.07, 6.45) is 6.07. The molecule has 2 aliphatic carbocycles. The molecule has 1 aromatic heterocycles. The lowest BCUT2D eigenvalue weighted by molar-refractivity contribution is 0.241. The predicted octanol–water partition coefficient (Wildman–Crippen LogP) is 4.38. The normalized spacial score (nSPS) is 36.5. The first kappa shape index (κ1) is 10.8. The van der Waals surface area contributed by atoms with Gasteiger partial charge in [-0.15, -0.1) is 11.3 Å². The molecule has 0 radical (unpaired) electrons. The van der Waals surface area contributed by atoms with Gasteiger partial charge in [0, 0.05) is 11.3 Å². The highest BCUT2D eigenvalue weighted by molar-refractivity contribution is 9.11. The van der Waals surface area contributed by atoms with Crippen molar-refractivity contribution in [2.45, 2.75) is 32.1 Å². The Kier molecular flexibility index (Phi) is 2.60. The number of nitriles is 1. The van der Waals surface area contributed by atoms with Crippen LogP contribution in [0.2, 0.25) is 0 Å². The van der Waals surface area contributed by atoms with Crippen LogP contribution in [0.1, 0.15) is 30.6 Å². The third-order valence-electron chi connectivity index (χ3n) is 4.32. The molecule has 2 aliphatic rings. The van der Waals surface area contributed by atoms with Gasteiger partial charge in [0.05, 0.1) is 15.3 Å². The molecule has 16 heavy (non-hydrogen) atoms. The molecule has 1 heterocycles. The highest BCUT2D eigenvalue weighted by Gasteiger charge is 2.51. The minimum absolute atomic E-state index is 0.0345. The first-order valence-corrected chi connectivity index (χ1v) is 7.48. The maximum Gasteiger partial charge on any atom is 0.0701 e. The van der Waals surface area contributed by atoms with Gasteiger partial charge >= 0.3 is 0 Å². The van der Waals surface area contributed by atoms with Gasteiger partial charge in [0.15, 0.2) is 0 Å². The summed E-state index contributed by atoms with van der Waals surface area (Å²) in [6, 6.07) is 6.92. The fraction of sp³-hybridized carbons (Fsp3) is 0.615. The van der Waals surface area contributed by atoms with E-state index in [9.17, 15) is 5.26 Å². The van der Waals surface area contributed by atoms with Crippen LogP contribution in [0.5, 0.6) is 0 Å². The van der Waals surface area contributed by atoms with Crippen LogP contribution < -0.4 is 0 Å². The number of fused-ring (bicyclic) bond motifs is 2. The highest BCUT2D eigenvalue weighted by Crippen LogP contribution is 2.57. The Balaban J connectivity index is 1.85. The Bertz CT molecular complexity index is 447. The average molecular weight is 296 g/mol. The SMILES string of the molecule is N#CC1(Cc2ccc(Br)s2)CC2CCC1C2. The van der Waals surface area contributed by atoms with Crippen LogP contribution in [0.4, 0.5) is 0 Å². The van der Waals surface area contributed by atoms with Crippen molar-refractivity contribution >= 4 is 27.3 Å². The lowest BCUT2D eigenvalue weighted by atomic mass is 9.72. The average Bonchev–Trinajstić information content (AvgIpc) is 2.94. The van der Waals surface area contributed by atoms with Crippen molar-refractivity contribution in [1.82, 2.24) is 0 Å². The smallest absolute Gasteiger partial charge is 0.0701 e. The van der Waals surface area contributed by atoms with Gasteiger partial charge in [-0.1, -0.05) is 6.42 Å². The molecule has 1 nitrogen and oxygen atoms in total. The fourth-order valence-corrected chi connectivity index (χ4v) is 5.20. The summed E-state index contributed by atoms with van der Waals surface area (Å²) < 4.78 is 1.18. The van der Waals surface area contributed by atoms with E-state index in [1.165, 1.54) is 27.9 Å². The Morgan fingerprint density at radius 1 is 1.50 bits per heavy atom.